The van der Waals surface area contributed by atoms with Gasteiger partial charge < -0.3 is 24.8 Å². The molecule has 0 aromatic heterocycles. The van der Waals surface area contributed by atoms with Gasteiger partial charge in [-0.2, -0.15) is 0 Å². The number of hydrogen-bond acceptors (Lipinski definition) is 4. The summed E-state index contributed by atoms with van der Waals surface area (Å²) < 4.78 is 10.6. The highest BCUT2D eigenvalue weighted by Gasteiger charge is 2.16. The van der Waals surface area contributed by atoms with Crippen LogP contribution in [0.4, 0.5) is 0 Å². The fourth-order valence-corrected chi connectivity index (χ4v) is 3.09. The topological polar surface area (TPSA) is 66.3 Å². The highest BCUT2D eigenvalue weighted by molar-refractivity contribution is 5.79. The second kappa shape index (κ2) is 11.0. The lowest BCUT2D eigenvalue weighted by molar-refractivity contribution is 0.0625. The van der Waals surface area contributed by atoms with Gasteiger partial charge in [0.05, 0.1) is 19.8 Å². The predicted molar refractivity (Wildman–Crippen MR) is 105 cm³/mol. The Morgan fingerprint density at radius 3 is 2.65 bits per heavy atom. The van der Waals surface area contributed by atoms with E-state index >= 15 is 0 Å². The van der Waals surface area contributed by atoms with E-state index in [4.69, 9.17) is 9.47 Å². The molecule has 0 radical (unpaired) electrons. The number of nitrogens with one attached hydrogen (secondary N) is 1. The first-order chi connectivity index (χ1) is 12.6. The molecule has 0 aliphatic carbocycles. The van der Waals surface area contributed by atoms with Crippen molar-refractivity contribution in [1.82, 2.24) is 10.2 Å². The average molecular weight is 364 g/mol. The van der Waals surface area contributed by atoms with Crippen molar-refractivity contribution in [2.75, 3.05) is 47.0 Å². The Morgan fingerprint density at radius 1 is 1.35 bits per heavy atom. The van der Waals surface area contributed by atoms with Crippen molar-refractivity contribution in [2.24, 2.45) is 10.9 Å². The number of aliphatic hydroxyl groups is 1. The molecule has 1 heterocycles. The van der Waals surface area contributed by atoms with Gasteiger partial charge in [0.2, 0.25) is 0 Å². The summed E-state index contributed by atoms with van der Waals surface area (Å²) in [6.45, 7) is 5.92. The first-order valence-electron chi connectivity index (χ1n) is 9.53. The van der Waals surface area contributed by atoms with Crippen LogP contribution in [0.1, 0.15) is 37.9 Å². The Hall–Kier alpha value is -1.79. The molecule has 26 heavy (non-hydrogen) atoms. The molecule has 0 saturated carbocycles. The third-order valence-corrected chi connectivity index (χ3v) is 4.82. The van der Waals surface area contributed by atoms with Gasteiger partial charge in [0.25, 0.3) is 0 Å². The molecule has 1 aliphatic rings. The molecule has 1 aliphatic heterocycles. The van der Waals surface area contributed by atoms with Crippen molar-refractivity contribution in [3.63, 3.8) is 0 Å². The number of aliphatic imine (C=N–C) groups is 1. The molecule has 2 N–H and O–H groups in total. The monoisotopic (exact) mass is 363 g/mol. The van der Waals surface area contributed by atoms with Crippen molar-refractivity contribution in [1.29, 1.82) is 0 Å². The zero-order valence-electron chi connectivity index (χ0n) is 16.3. The number of ether oxygens (including phenoxy) is 2. The summed E-state index contributed by atoms with van der Waals surface area (Å²) >= 11 is 0. The standard InChI is InChI=1S/C20H33N3O3/c1-4-21-20(23(2)12-9-16-10-13-26-14-11-16)22-15-19(24)17-5-7-18(25-3)8-6-17/h5-8,16,19,24H,4,9-15H2,1-3H3,(H,21,22). The largest absolute Gasteiger partial charge is 0.497 e. The Balaban J connectivity index is 1.88. The van der Waals surface area contributed by atoms with Crippen LogP contribution in [0.2, 0.25) is 0 Å². The molecule has 1 aromatic rings. The molecular weight excluding hydrogens is 330 g/mol. The molecule has 0 bridgehead atoms. The number of hydrogen-bond donors (Lipinski definition) is 2. The fourth-order valence-electron chi connectivity index (χ4n) is 3.09. The minimum Gasteiger partial charge on any atom is -0.497 e. The van der Waals surface area contributed by atoms with Crippen LogP contribution >= 0.6 is 0 Å². The molecule has 1 fully saturated rings. The van der Waals surface area contributed by atoms with E-state index in [1.807, 2.05) is 24.3 Å². The first kappa shape index (κ1) is 20.5. The number of aliphatic hydroxyl groups excluding tert-OH is 1. The van der Waals surface area contributed by atoms with Gasteiger partial charge in [0.15, 0.2) is 5.96 Å². The second-order valence-corrected chi connectivity index (χ2v) is 6.75. The summed E-state index contributed by atoms with van der Waals surface area (Å²) in [5, 5.41) is 13.7. The number of benzene rings is 1. The van der Waals surface area contributed by atoms with Gasteiger partial charge in [0.1, 0.15) is 5.75 Å². The van der Waals surface area contributed by atoms with Crippen LogP contribution in [-0.4, -0.2) is 63.0 Å². The van der Waals surface area contributed by atoms with Crippen molar-refractivity contribution >= 4 is 5.96 Å². The molecule has 1 unspecified atom stereocenters. The molecule has 1 saturated heterocycles. The van der Waals surface area contributed by atoms with E-state index in [9.17, 15) is 5.11 Å². The maximum absolute atomic E-state index is 10.4. The molecule has 146 valence electrons. The van der Waals surface area contributed by atoms with Crippen LogP contribution in [0.25, 0.3) is 0 Å². The van der Waals surface area contributed by atoms with Gasteiger partial charge in [-0.25, -0.2) is 0 Å². The van der Waals surface area contributed by atoms with E-state index < -0.39 is 6.10 Å². The van der Waals surface area contributed by atoms with E-state index in [1.54, 1.807) is 7.11 Å². The zero-order valence-corrected chi connectivity index (χ0v) is 16.3. The summed E-state index contributed by atoms with van der Waals surface area (Å²) in [6.07, 6.45) is 2.82. The lowest BCUT2D eigenvalue weighted by Crippen LogP contribution is -2.40. The van der Waals surface area contributed by atoms with E-state index in [-0.39, 0.29) is 0 Å². The van der Waals surface area contributed by atoms with Gasteiger partial charge in [-0.05, 0) is 49.8 Å². The Kier molecular flexibility index (Phi) is 8.71. The molecule has 0 amide bonds. The Bertz CT molecular complexity index is 542. The van der Waals surface area contributed by atoms with Gasteiger partial charge in [0, 0.05) is 33.4 Å². The second-order valence-electron chi connectivity index (χ2n) is 6.75. The maximum Gasteiger partial charge on any atom is 0.193 e. The molecule has 1 aromatic carbocycles. The van der Waals surface area contributed by atoms with E-state index in [1.165, 1.54) is 0 Å². The van der Waals surface area contributed by atoms with Gasteiger partial charge in [-0.15, -0.1) is 0 Å². The minimum absolute atomic E-state index is 0.330. The van der Waals surface area contributed by atoms with Crippen LogP contribution in [0.15, 0.2) is 29.3 Å². The van der Waals surface area contributed by atoms with E-state index in [0.29, 0.717) is 6.54 Å². The third-order valence-electron chi connectivity index (χ3n) is 4.82. The van der Waals surface area contributed by atoms with Crippen LogP contribution in [0.5, 0.6) is 5.75 Å². The minimum atomic E-state index is -0.626. The first-order valence-corrected chi connectivity index (χ1v) is 9.53. The van der Waals surface area contributed by atoms with Crippen LogP contribution < -0.4 is 10.1 Å². The summed E-state index contributed by atoms with van der Waals surface area (Å²) in [7, 11) is 3.69. The fraction of sp³-hybridized carbons (Fsp3) is 0.650. The molecule has 2 rings (SSSR count). The molecular formula is C20H33N3O3. The Labute approximate surface area is 157 Å². The number of nitrogens with zero attached hydrogens (tertiary/aromatic N) is 2. The average Bonchev–Trinajstić information content (AvgIpc) is 2.70. The lowest BCUT2D eigenvalue weighted by Gasteiger charge is -2.27. The zero-order chi connectivity index (χ0) is 18.8. The maximum atomic E-state index is 10.4. The summed E-state index contributed by atoms with van der Waals surface area (Å²) in [4.78, 5) is 6.77. The van der Waals surface area contributed by atoms with Crippen LogP contribution in [0.3, 0.4) is 0 Å². The molecule has 6 heteroatoms. The van der Waals surface area contributed by atoms with E-state index in [2.05, 4.69) is 29.2 Å². The predicted octanol–water partition coefficient (Wildman–Crippen LogP) is 2.44. The molecule has 6 nitrogen and oxygen atoms in total. The highest BCUT2D eigenvalue weighted by atomic mass is 16.5. The van der Waals surface area contributed by atoms with Crippen molar-refractivity contribution in [3.05, 3.63) is 29.8 Å². The molecule has 0 spiro atoms. The summed E-state index contributed by atoms with van der Waals surface area (Å²) in [5.74, 6) is 2.36. The highest BCUT2D eigenvalue weighted by Crippen LogP contribution is 2.19. The number of methoxy groups -OCH3 is 1. The lowest BCUT2D eigenvalue weighted by atomic mass is 9.96. The van der Waals surface area contributed by atoms with Crippen molar-refractivity contribution in [2.45, 2.75) is 32.3 Å². The van der Waals surface area contributed by atoms with E-state index in [0.717, 1.165) is 68.8 Å². The third kappa shape index (κ3) is 6.50. The molecule has 1 atom stereocenters. The van der Waals surface area contributed by atoms with Crippen molar-refractivity contribution in [3.8, 4) is 5.75 Å². The smallest absolute Gasteiger partial charge is 0.193 e. The van der Waals surface area contributed by atoms with Gasteiger partial charge >= 0.3 is 0 Å². The summed E-state index contributed by atoms with van der Waals surface area (Å²) in [6, 6.07) is 7.46. The quantitative estimate of drug-likeness (QED) is 0.549. The van der Waals surface area contributed by atoms with Crippen LogP contribution in [0, 0.1) is 5.92 Å². The SMILES string of the molecule is CCNC(=NCC(O)c1ccc(OC)cc1)N(C)CCC1CCOCC1. The number of rotatable bonds is 8. The van der Waals surface area contributed by atoms with Gasteiger partial charge in [-0.1, -0.05) is 12.1 Å². The number of guanidine groups is 1. The van der Waals surface area contributed by atoms with Crippen LogP contribution in [-0.2, 0) is 4.74 Å². The van der Waals surface area contributed by atoms with Gasteiger partial charge in [-0.3, -0.25) is 4.99 Å². The normalized spacial score (nSPS) is 17.0. The Morgan fingerprint density at radius 2 is 2.04 bits per heavy atom. The van der Waals surface area contributed by atoms with Crippen molar-refractivity contribution < 1.29 is 14.6 Å². The summed E-state index contributed by atoms with van der Waals surface area (Å²) in [5.41, 5.74) is 0.843.